The molecule has 4 rings (SSSR count). The molecule has 1 N–H and O–H groups in total. The van der Waals surface area contributed by atoms with Crippen molar-refractivity contribution >= 4 is 11.7 Å². The van der Waals surface area contributed by atoms with Crippen molar-refractivity contribution in [3.63, 3.8) is 0 Å². The molecule has 1 saturated heterocycles. The van der Waals surface area contributed by atoms with Gasteiger partial charge in [-0.3, -0.25) is 4.79 Å². The number of nitrogens with one attached hydrogen (secondary N) is 1. The van der Waals surface area contributed by atoms with Gasteiger partial charge in [-0.15, -0.1) is 0 Å². The average Bonchev–Trinajstić information content (AvgIpc) is 3.27. The molecule has 3 heterocycles. The Kier molecular flexibility index (Phi) is 5.66. The Morgan fingerprint density at radius 2 is 1.89 bits per heavy atom. The molecule has 1 aliphatic heterocycles. The Hall–Kier alpha value is -3.15. The van der Waals surface area contributed by atoms with Crippen LogP contribution in [0, 0.1) is 5.92 Å². The SMILES string of the molecule is O=C(c1cnc(NCc2ccco2)cn1)N1CCC(Cc2ccccc2)CC1. The van der Waals surface area contributed by atoms with E-state index in [0.29, 0.717) is 24.0 Å². The Balaban J connectivity index is 1.27. The highest BCUT2D eigenvalue weighted by molar-refractivity contribution is 5.92. The number of benzene rings is 1. The third-order valence-electron chi connectivity index (χ3n) is 5.16. The molecule has 0 radical (unpaired) electrons. The summed E-state index contributed by atoms with van der Waals surface area (Å²) in [5.74, 6) is 2.03. The monoisotopic (exact) mass is 376 g/mol. The molecule has 1 amide bonds. The van der Waals surface area contributed by atoms with Gasteiger partial charge in [0.15, 0.2) is 0 Å². The van der Waals surface area contributed by atoms with Gasteiger partial charge in [-0.25, -0.2) is 9.97 Å². The maximum Gasteiger partial charge on any atom is 0.274 e. The molecule has 3 aromatic rings. The third kappa shape index (κ3) is 4.57. The van der Waals surface area contributed by atoms with E-state index in [1.54, 1.807) is 18.7 Å². The molecule has 6 nitrogen and oxygen atoms in total. The van der Waals surface area contributed by atoms with Crippen LogP contribution in [0.4, 0.5) is 5.82 Å². The molecule has 0 unspecified atom stereocenters. The fourth-order valence-corrected chi connectivity index (χ4v) is 3.57. The lowest BCUT2D eigenvalue weighted by Crippen LogP contribution is -2.39. The summed E-state index contributed by atoms with van der Waals surface area (Å²) in [6.45, 7) is 2.08. The number of carbonyl (C=O) groups is 1. The van der Waals surface area contributed by atoms with Crippen LogP contribution in [0.3, 0.4) is 0 Å². The highest BCUT2D eigenvalue weighted by atomic mass is 16.3. The van der Waals surface area contributed by atoms with Crippen molar-refractivity contribution in [2.75, 3.05) is 18.4 Å². The Bertz CT molecular complexity index is 871. The molecule has 0 spiro atoms. The minimum Gasteiger partial charge on any atom is -0.467 e. The van der Waals surface area contributed by atoms with Gasteiger partial charge < -0.3 is 14.6 Å². The van der Waals surface area contributed by atoms with E-state index in [1.807, 2.05) is 23.1 Å². The van der Waals surface area contributed by atoms with Gasteiger partial charge in [-0.05, 0) is 42.9 Å². The van der Waals surface area contributed by atoms with Gasteiger partial charge in [0.2, 0.25) is 0 Å². The van der Waals surface area contributed by atoms with Crippen molar-refractivity contribution in [3.05, 3.63) is 78.1 Å². The van der Waals surface area contributed by atoms with Gasteiger partial charge in [-0.2, -0.15) is 0 Å². The molecule has 1 aromatic carbocycles. The van der Waals surface area contributed by atoms with Crippen molar-refractivity contribution in [3.8, 4) is 0 Å². The molecule has 144 valence electrons. The fraction of sp³-hybridized carbons (Fsp3) is 0.318. The molecular weight excluding hydrogens is 352 g/mol. The van der Waals surface area contributed by atoms with Crippen LogP contribution in [0.5, 0.6) is 0 Å². The number of nitrogens with zero attached hydrogens (tertiary/aromatic N) is 3. The second kappa shape index (κ2) is 8.69. The smallest absolute Gasteiger partial charge is 0.274 e. The lowest BCUT2D eigenvalue weighted by Gasteiger charge is -2.31. The highest BCUT2D eigenvalue weighted by Crippen LogP contribution is 2.22. The van der Waals surface area contributed by atoms with Crippen molar-refractivity contribution in [2.24, 2.45) is 5.92 Å². The summed E-state index contributed by atoms with van der Waals surface area (Å²) in [5, 5.41) is 3.13. The van der Waals surface area contributed by atoms with E-state index >= 15 is 0 Å². The standard InChI is InChI=1S/C22H24N4O2/c27-22(20-15-25-21(16-23-20)24-14-19-7-4-12-28-19)26-10-8-18(9-11-26)13-17-5-2-1-3-6-17/h1-7,12,15-16,18H,8-11,13-14H2,(H,24,25). The Morgan fingerprint density at radius 1 is 1.07 bits per heavy atom. The molecule has 2 aromatic heterocycles. The molecule has 0 saturated carbocycles. The molecule has 1 aliphatic rings. The summed E-state index contributed by atoms with van der Waals surface area (Å²) in [5.41, 5.74) is 1.76. The molecular formula is C22H24N4O2. The molecule has 0 bridgehead atoms. The van der Waals surface area contributed by atoms with Crippen LogP contribution in [-0.4, -0.2) is 33.9 Å². The number of likely N-dealkylation sites (tertiary alicyclic amines) is 1. The highest BCUT2D eigenvalue weighted by Gasteiger charge is 2.24. The Labute approximate surface area is 164 Å². The summed E-state index contributed by atoms with van der Waals surface area (Å²) in [4.78, 5) is 23.2. The number of hydrogen-bond donors (Lipinski definition) is 1. The first-order valence-corrected chi connectivity index (χ1v) is 9.69. The number of piperidine rings is 1. The maximum atomic E-state index is 12.7. The number of furan rings is 1. The Morgan fingerprint density at radius 3 is 2.57 bits per heavy atom. The van der Waals surface area contributed by atoms with E-state index in [0.717, 1.165) is 38.1 Å². The second-order valence-corrected chi connectivity index (χ2v) is 7.15. The molecule has 0 atom stereocenters. The van der Waals surface area contributed by atoms with E-state index in [4.69, 9.17) is 4.42 Å². The van der Waals surface area contributed by atoms with Crippen LogP contribution in [0.25, 0.3) is 0 Å². The van der Waals surface area contributed by atoms with E-state index in [2.05, 4.69) is 39.6 Å². The van der Waals surface area contributed by atoms with E-state index < -0.39 is 0 Å². The topological polar surface area (TPSA) is 71.3 Å². The first-order valence-electron chi connectivity index (χ1n) is 9.69. The van der Waals surface area contributed by atoms with Crippen molar-refractivity contribution in [1.29, 1.82) is 0 Å². The maximum absolute atomic E-state index is 12.7. The van der Waals surface area contributed by atoms with Crippen LogP contribution >= 0.6 is 0 Å². The first-order chi connectivity index (χ1) is 13.8. The number of amides is 1. The van der Waals surface area contributed by atoms with Crippen molar-refractivity contribution < 1.29 is 9.21 Å². The number of hydrogen-bond acceptors (Lipinski definition) is 5. The predicted octanol–water partition coefficient (Wildman–Crippen LogP) is 3.78. The first kappa shape index (κ1) is 18.2. The minimum atomic E-state index is -0.0387. The minimum absolute atomic E-state index is 0.0387. The summed E-state index contributed by atoms with van der Waals surface area (Å²) >= 11 is 0. The van der Waals surface area contributed by atoms with Gasteiger partial charge in [-0.1, -0.05) is 30.3 Å². The van der Waals surface area contributed by atoms with Gasteiger partial charge in [0.05, 0.1) is 25.2 Å². The lowest BCUT2D eigenvalue weighted by molar-refractivity contribution is 0.0684. The fourth-order valence-electron chi connectivity index (χ4n) is 3.57. The van der Waals surface area contributed by atoms with Crippen molar-refractivity contribution in [1.82, 2.24) is 14.9 Å². The summed E-state index contributed by atoms with van der Waals surface area (Å²) in [6.07, 6.45) is 7.90. The van der Waals surface area contributed by atoms with Crippen LogP contribution in [0.2, 0.25) is 0 Å². The zero-order valence-corrected chi connectivity index (χ0v) is 15.8. The van der Waals surface area contributed by atoms with Crippen LogP contribution in [-0.2, 0) is 13.0 Å². The average molecular weight is 376 g/mol. The molecule has 6 heteroatoms. The summed E-state index contributed by atoms with van der Waals surface area (Å²) < 4.78 is 5.27. The summed E-state index contributed by atoms with van der Waals surface area (Å²) in [7, 11) is 0. The zero-order chi connectivity index (χ0) is 19.2. The van der Waals surface area contributed by atoms with Gasteiger partial charge in [0.25, 0.3) is 5.91 Å². The lowest BCUT2D eigenvalue weighted by atomic mass is 9.90. The van der Waals surface area contributed by atoms with Gasteiger partial charge in [0, 0.05) is 13.1 Å². The van der Waals surface area contributed by atoms with E-state index in [-0.39, 0.29) is 5.91 Å². The largest absolute Gasteiger partial charge is 0.467 e. The van der Waals surface area contributed by atoms with Crippen LogP contribution < -0.4 is 5.32 Å². The van der Waals surface area contributed by atoms with E-state index in [1.165, 1.54) is 5.56 Å². The normalized spacial score (nSPS) is 14.8. The predicted molar refractivity (Wildman–Crippen MR) is 107 cm³/mol. The third-order valence-corrected chi connectivity index (χ3v) is 5.16. The zero-order valence-electron chi connectivity index (χ0n) is 15.8. The number of carbonyl (C=O) groups excluding carboxylic acids is 1. The number of aromatic nitrogens is 2. The second-order valence-electron chi connectivity index (χ2n) is 7.15. The van der Waals surface area contributed by atoms with Gasteiger partial charge >= 0.3 is 0 Å². The quantitative estimate of drug-likeness (QED) is 0.709. The summed E-state index contributed by atoms with van der Waals surface area (Å²) in [6, 6.07) is 14.3. The van der Waals surface area contributed by atoms with E-state index in [9.17, 15) is 4.79 Å². The van der Waals surface area contributed by atoms with Crippen molar-refractivity contribution in [2.45, 2.75) is 25.8 Å². The molecule has 0 aliphatic carbocycles. The van der Waals surface area contributed by atoms with Crippen LogP contribution in [0.1, 0.15) is 34.7 Å². The van der Waals surface area contributed by atoms with Crippen LogP contribution in [0.15, 0.2) is 65.5 Å². The molecule has 28 heavy (non-hydrogen) atoms. The number of anilines is 1. The van der Waals surface area contributed by atoms with Gasteiger partial charge in [0.1, 0.15) is 17.3 Å². The molecule has 1 fully saturated rings. The number of rotatable bonds is 6.